The van der Waals surface area contributed by atoms with Gasteiger partial charge >= 0.3 is 0 Å². The van der Waals surface area contributed by atoms with Crippen LogP contribution in [0.25, 0.3) is 11.1 Å². The van der Waals surface area contributed by atoms with Gasteiger partial charge in [0.25, 0.3) is 0 Å². The molecule has 2 radical (unpaired) electrons. The molecule has 0 fully saturated rings. The van der Waals surface area contributed by atoms with Crippen molar-refractivity contribution in [3.05, 3.63) is 25.9 Å². The molecule has 0 aliphatic carbocycles. The molecule has 0 heterocycles. The number of nitrogens with one attached hydrogen (secondary N) is 2. The maximum atomic E-state index is 10.3. The van der Waals surface area contributed by atoms with Crippen LogP contribution in [0.3, 0.4) is 0 Å². The number of amides is 6. The number of imide groups is 2. The molecule has 0 rings (SSSR count). The van der Waals surface area contributed by atoms with Gasteiger partial charge in [-0.2, -0.15) is 0 Å². The summed E-state index contributed by atoms with van der Waals surface area (Å²) in [7, 11) is 3.05. The summed E-state index contributed by atoms with van der Waals surface area (Å²) in [6, 6.07) is 0. The van der Waals surface area contributed by atoms with Crippen molar-refractivity contribution in [2.45, 2.75) is 69.2 Å². The predicted octanol–water partition coefficient (Wildman–Crippen LogP) is 2.89. The molecule has 2 N–H and O–H groups in total. The van der Waals surface area contributed by atoms with E-state index < -0.39 is 17.7 Å². The first-order chi connectivity index (χ1) is 14.1. The second kappa shape index (κ2) is 47.0. The third-order valence-corrected chi connectivity index (χ3v) is 1.61. The Hall–Kier alpha value is -1.23. The Labute approximate surface area is 268 Å². The Morgan fingerprint density at radius 2 is 0.750 bits per heavy atom. The molecule has 210 valence electrons. The molecule has 0 atom stereocenters. The van der Waals surface area contributed by atoms with Crippen molar-refractivity contribution < 1.29 is 104 Å². The summed E-state index contributed by atoms with van der Waals surface area (Å²) in [5, 5.41) is 5.39. The minimum atomic E-state index is -0.583. The van der Waals surface area contributed by atoms with E-state index in [4.69, 9.17) is 10.5 Å². The van der Waals surface area contributed by atoms with E-state index in [-0.39, 0.29) is 110 Å². The van der Waals surface area contributed by atoms with Gasteiger partial charge in [-0.15, -0.1) is 0 Å². The van der Waals surface area contributed by atoms with E-state index in [2.05, 4.69) is 10.6 Å². The van der Waals surface area contributed by atoms with Crippen LogP contribution < -0.4 is 5.32 Å². The van der Waals surface area contributed by atoms with Gasteiger partial charge in [0, 0.05) is 106 Å². The van der Waals surface area contributed by atoms with Crippen LogP contribution in [-0.2, 0) is 104 Å². The Bertz CT molecular complexity index is 563. The number of carbonyl (C=O) groups excluding carboxylic acids is 8. The molecule has 12 nitrogen and oxygen atoms in total. The quantitative estimate of drug-likeness (QED) is 0.381. The van der Waals surface area contributed by atoms with Gasteiger partial charge in [0.15, 0.2) is 0 Å². The van der Waals surface area contributed by atoms with Crippen LogP contribution in [0.1, 0.15) is 69.2 Å². The first-order valence-electron chi connectivity index (χ1n) is 8.97. The summed E-state index contributed by atoms with van der Waals surface area (Å²) in [4.78, 5) is 79.1. The first-order valence-corrected chi connectivity index (χ1v) is 8.97. The van der Waals surface area contributed by atoms with E-state index in [1.54, 1.807) is 7.05 Å². The number of Topliss-reactive ketones (excluding diaryl/α,β-unsaturated/α-hetero) is 2. The number of hydrogen-bond donors (Lipinski definition) is 1. The minimum absolute atomic E-state index is 0. The fourth-order valence-electron chi connectivity index (χ4n) is 0.443. The Balaban J connectivity index is -0.0000000282. The Morgan fingerprint density at radius 1 is 0.611 bits per heavy atom. The number of carbonyl (C=O) groups is 8. The molecule has 14 heteroatoms. The second-order valence-corrected chi connectivity index (χ2v) is 5.93. The van der Waals surface area contributed by atoms with Crippen molar-refractivity contribution in [1.29, 1.82) is 0 Å². The van der Waals surface area contributed by atoms with E-state index in [1.165, 1.54) is 76.3 Å². The van der Waals surface area contributed by atoms with Crippen molar-refractivity contribution in [2.24, 2.45) is 0 Å². The fraction of sp³-hybridized carbons (Fsp3) is 0.545. The number of rotatable bonds is 0. The molecule has 0 aliphatic heterocycles. The van der Waals surface area contributed by atoms with Crippen LogP contribution in [0.4, 0.5) is 0 Å². The van der Waals surface area contributed by atoms with Crippen molar-refractivity contribution in [3.8, 4) is 0 Å². The molecule has 0 bridgehead atoms. The molecular formula is C22H44N4O8Y2-4. The zero-order chi connectivity index (χ0) is 27.6. The van der Waals surface area contributed by atoms with Gasteiger partial charge < -0.3 is 55.2 Å². The topological polar surface area (TPSA) is 190 Å². The minimum Gasteiger partial charge on any atom is -0.668 e. The van der Waals surface area contributed by atoms with Gasteiger partial charge in [-0.3, -0.25) is 19.3 Å². The molecule has 0 aromatic rings. The van der Waals surface area contributed by atoms with Gasteiger partial charge in [-0.25, -0.2) is 0 Å². The summed E-state index contributed by atoms with van der Waals surface area (Å²) >= 11 is 0. The third-order valence-electron chi connectivity index (χ3n) is 1.61. The van der Waals surface area contributed by atoms with E-state index in [9.17, 15) is 33.6 Å². The molecule has 0 spiro atoms. The molecule has 0 aromatic heterocycles. The molecular weight excluding hydrogens is 626 g/mol. The molecule has 0 unspecified atom stereocenters. The fourth-order valence-corrected chi connectivity index (χ4v) is 0.443. The van der Waals surface area contributed by atoms with Gasteiger partial charge in [-0.05, 0) is 48.5 Å². The molecule has 0 aromatic carbocycles. The smallest absolute Gasteiger partial charge is 0.225 e. The van der Waals surface area contributed by atoms with Crippen LogP contribution in [0, 0.1) is 14.9 Å². The molecule has 0 saturated carbocycles. The first kappa shape index (κ1) is 64.6. The summed E-state index contributed by atoms with van der Waals surface area (Å²) in [6.45, 7) is 14.0. The van der Waals surface area contributed by atoms with Crippen molar-refractivity contribution >= 4 is 47.0 Å². The Morgan fingerprint density at radius 3 is 0.750 bits per heavy atom. The number of ketones is 2. The van der Waals surface area contributed by atoms with Gasteiger partial charge in [0.05, 0.1) is 11.8 Å². The number of hydrogen-bond acceptors (Lipinski definition) is 8. The van der Waals surface area contributed by atoms with Crippen LogP contribution in [0.2, 0.25) is 0 Å². The van der Waals surface area contributed by atoms with Crippen LogP contribution in [0.5, 0.6) is 0 Å². The normalized spacial score (nSPS) is 6.44. The van der Waals surface area contributed by atoms with Crippen molar-refractivity contribution in [1.82, 2.24) is 10.2 Å². The van der Waals surface area contributed by atoms with Crippen LogP contribution in [-0.4, -0.2) is 66.0 Å². The van der Waals surface area contributed by atoms with Gasteiger partial charge in [0.1, 0.15) is 11.6 Å². The maximum absolute atomic E-state index is 10.3. The largest absolute Gasteiger partial charge is 0.668 e. The monoisotopic (exact) mass is 670 g/mol. The van der Waals surface area contributed by atoms with Crippen molar-refractivity contribution in [2.75, 3.05) is 14.1 Å². The summed E-state index contributed by atoms with van der Waals surface area (Å²) < 4.78 is 0. The van der Waals surface area contributed by atoms with E-state index in [0.29, 0.717) is 0 Å². The van der Waals surface area contributed by atoms with Gasteiger partial charge in [0.2, 0.25) is 17.7 Å². The standard InChI is InChI=1S/C5H9NO2.C4H7NO2.C3H7NO.2C3H6O.C2H5NO.2CH3.2Y/c1-4(7)6(3)5(2)8;1-3(6)5-4(2)7;1-3(5)4-2;2*1-3(2)4;1-2(3)4;;;;/h1-3H3;1-2H3,(H,5,6,7);1-2H3,(H,4,5);2*1-2H3;1H3,(H2,3,4);2*1H3;;/q;;;;;;2*-1;;/p-2. The molecule has 0 aliphatic rings. The average Bonchev–Trinajstić information content (AvgIpc) is 2.52. The van der Waals surface area contributed by atoms with Crippen LogP contribution in [0.15, 0.2) is 0 Å². The zero-order valence-electron chi connectivity index (χ0n) is 24.3. The second-order valence-electron chi connectivity index (χ2n) is 5.93. The predicted molar refractivity (Wildman–Crippen MR) is 134 cm³/mol. The average molecular weight is 670 g/mol. The summed E-state index contributed by atoms with van der Waals surface area (Å²) in [5.74, 6) is -1.57. The zero-order valence-corrected chi connectivity index (χ0v) is 30.0. The van der Waals surface area contributed by atoms with E-state index in [1.807, 2.05) is 0 Å². The maximum Gasteiger partial charge on any atom is 0.225 e. The van der Waals surface area contributed by atoms with Crippen LogP contribution >= 0.6 is 0 Å². The molecule has 0 saturated heterocycles. The summed E-state index contributed by atoms with van der Waals surface area (Å²) in [5.41, 5.74) is 5.94. The molecule has 36 heavy (non-hydrogen) atoms. The van der Waals surface area contributed by atoms with E-state index >= 15 is 0 Å². The van der Waals surface area contributed by atoms with Crippen molar-refractivity contribution in [3.63, 3.8) is 0 Å². The Kier molecular flexibility index (Phi) is 84.4. The van der Waals surface area contributed by atoms with E-state index in [0.717, 1.165) is 4.90 Å². The third kappa shape index (κ3) is 203. The SMILES string of the molecule is CC(=O)N(C)C(C)=O.CC(=O)[N-]C(C)=O.CC(C)=O.CC(C)=O.CC([NH-])=O.CNC(C)=O.[CH3-].[CH3-].[Y].[Y]. The molecule has 6 amide bonds. The number of nitrogens with zero attached hydrogens (tertiary/aromatic N) is 2. The summed E-state index contributed by atoms with van der Waals surface area (Å²) in [6.07, 6.45) is 0. The van der Waals surface area contributed by atoms with Gasteiger partial charge in [-0.1, -0.05) is 0 Å².